The molecule has 0 saturated carbocycles. The lowest BCUT2D eigenvalue weighted by Crippen LogP contribution is -2.26. The molecule has 1 amide bonds. The SMILES string of the molecule is CC1Sc2cc(F)ccc2NC1=O. The molecule has 0 saturated heterocycles. The van der Waals surface area contributed by atoms with Gasteiger partial charge in [-0.2, -0.15) is 0 Å². The molecule has 0 bridgehead atoms. The number of carbonyl (C=O) groups is 1. The van der Waals surface area contributed by atoms with Crippen molar-refractivity contribution < 1.29 is 9.18 Å². The van der Waals surface area contributed by atoms with Crippen molar-refractivity contribution in [2.75, 3.05) is 5.32 Å². The van der Waals surface area contributed by atoms with Crippen LogP contribution in [0.5, 0.6) is 0 Å². The number of fused-ring (bicyclic) bond motifs is 1. The maximum absolute atomic E-state index is 12.8. The molecule has 2 nitrogen and oxygen atoms in total. The number of hydrogen-bond acceptors (Lipinski definition) is 2. The van der Waals surface area contributed by atoms with Crippen molar-refractivity contribution in [3.05, 3.63) is 24.0 Å². The molecule has 1 aliphatic heterocycles. The lowest BCUT2D eigenvalue weighted by Gasteiger charge is -2.20. The van der Waals surface area contributed by atoms with E-state index >= 15 is 0 Å². The summed E-state index contributed by atoms with van der Waals surface area (Å²) in [4.78, 5) is 12.0. The first-order valence-electron chi connectivity index (χ1n) is 3.94. The van der Waals surface area contributed by atoms with Crippen molar-refractivity contribution in [3.8, 4) is 0 Å². The molecule has 1 atom stereocenters. The van der Waals surface area contributed by atoms with Crippen molar-refractivity contribution >= 4 is 23.4 Å². The number of carbonyl (C=O) groups excluding carboxylic acids is 1. The Balaban J connectivity index is 2.42. The molecule has 0 aromatic heterocycles. The molecule has 0 radical (unpaired) electrons. The van der Waals surface area contributed by atoms with Crippen LogP contribution in [-0.2, 0) is 4.79 Å². The van der Waals surface area contributed by atoms with Gasteiger partial charge in [0.1, 0.15) is 5.82 Å². The second-order valence-corrected chi connectivity index (χ2v) is 4.27. The van der Waals surface area contributed by atoms with Crippen LogP contribution in [0.25, 0.3) is 0 Å². The molecule has 1 aliphatic rings. The summed E-state index contributed by atoms with van der Waals surface area (Å²) in [5.74, 6) is -0.293. The van der Waals surface area contributed by atoms with E-state index in [1.165, 1.54) is 23.9 Å². The van der Waals surface area contributed by atoms with Crippen molar-refractivity contribution in [3.63, 3.8) is 0 Å². The smallest absolute Gasteiger partial charge is 0.237 e. The number of nitrogens with one attached hydrogen (secondary N) is 1. The van der Waals surface area contributed by atoms with E-state index in [0.717, 1.165) is 4.90 Å². The van der Waals surface area contributed by atoms with Gasteiger partial charge in [-0.3, -0.25) is 4.79 Å². The molecule has 1 aromatic rings. The topological polar surface area (TPSA) is 29.1 Å². The molecular weight excluding hydrogens is 189 g/mol. The average Bonchev–Trinajstić information content (AvgIpc) is 2.08. The molecular formula is C9H8FNOS. The fraction of sp³-hybridized carbons (Fsp3) is 0.222. The van der Waals surface area contributed by atoms with E-state index in [2.05, 4.69) is 5.32 Å². The summed E-state index contributed by atoms with van der Waals surface area (Å²) >= 11 is 1.38. The molecule has 1 aromatic carbocycles. The molecule has 0 fully saturated rings. The van der Waals surface area contributed by atoms with Gasteiger partial charge in [-0.1, -0.05) is 0 Å². The summed E-state index contributed by atoms with van der Waals surface area (Å²) in [6.07, 6.45) is 0. The minimum atomic E-state index is -0.269. The van der Waals surface area contributed by atoms with Gasteiger partial charge in [-0.05, 0) is 25.1 Å². The number of hydrogen-bond donors (Lipinski definition) is 1. The van der Waals surface area contributed by atoms with Gasteiger partial charge in [0.25, 0.3) is 0 Å². The van der Waals surface area contributed by atoms with E-state index in [1.54, 1.807) is 13.0 Å². The molecule has 1 N–H and O–H groups in total. The summed E-state index contributed by atoms with van der Waals surface area (Å²) < 4.78 is 12.8. The molecule has 4 heteroatoms. The number of amides is 1. The van der Waals surface area contributed by atoms with E-state index in [-0.39, 0.29) is 17.0 Å². The van der Waals surface area contributed by atoms with Crippen LogP contribution in [-0.4, -0.2) is 11.2 Å². The number of anilines is 1. The van der Waals surface area contributed by atoms with Crippen LogP contribution < -0.4 is 5.32 Å². The van der Waals surface area contributed by atoms with E-state index in [4.69, 9.17) is 0 Å². The van der Waals surface area contributed by atoms with Gasteiger partial charge >= 0.3 is 0 Å². The van der Waals surface area contributed by atoms with E-state index in [1.807, 2.05) is 0 Å². The summed E-state index contributed by atoms with van der Waals surface area (Å²) in [6, 6.07) is 4.37. The van der Waals surface area contributed by atoms with Crippen LogP contribution in [0.2, 0.25) is 0 Å². The highest BCUT2D eigenvalue weighted by molar-refractivity contribution is 8.00. The zero-order valence-electron chi connectivity index (χ0n) is 7.00. The fourth-order valence-electron chi connectivity index (χ4n) is 1.18. The molecule has 0 spiro atoms. The number of halogens is 1. The lowest BCUT2D eigenvalue weighted by molar-refractivity contribution is -0.115. The average molecular weight is 197 g/mol. The van der Waals surface area contributed by atoms with Crippen LogP contribution in [0.1, 0.15) is 6.92 Å². The molecule has 1 unspecified atom stereocenters. The van der Waals surface area contributed by atoms with Crippen molar-refractivity contribution in [2.24, 2.45) is 0 Å². The summed E-state index contributed by atoms with van der Waals surface area (Å²) in [7, 11) is 0. The third kappa shape index (κ3) is 1.54. The zero-order valence-corrected chi connectivity index (χ0v) is 7.82. The van der Waals surface area contributed by atoms with Crippen LogP contribution in [0.3, 0.4) is 0 Å². The quantitative estimate of drug-likeness (QED) is 0.691. The van der Waals surface area contributed by atoms with Crippen molar-refractivity contribution in [2.45, 2.75) is 17.1 Å². The maximum Gasteiger partial charge on any atom is 0.237 e. The Hall–Kier alpha value is -1.03. The summed E-state index contributed by atoms with van der Waals surface area (Å²) in [6.45, 7) is 1.80. The van der Waals surface area contributed by atoms with Gasteiger partial charge in [0.2, 0.25) is 5.91 Å². The predicted octanol–water partition coefficient (Wildman–Crippen LogP) is 2.26. The van der Waals surface area contributed by atoms with E-state index in [9.17, 15) is 9.18 Å². The summed E-state index contributed by atoms with van der Waals surface area (Å²) in [5.41, 5.74) is 0.703. The molecule has 1 heterocycles. The highest BCUT2D eigenvalue weighted by Crippen LogP contribution is 2.35. The van der Waals surface area contributed by atoms with Gasteiger partial charge in [0.05, 0.1) is 10.9 Å². The second kappa shape index (κ2) is 3.03. The van der Waals surface area contributed by atoms with Crippen molar-refractivity contribution in [1.29, 1.82) is 0 Å². The first-order valence-corrected chi connectivity index (χ1v) is 4.82. The maximum atomic E-state index is 12.8. The van der Waals surface area contributed by atoms with E-state index < -0.39 is 0 Å². The highest BCUT2D eigenvalue weighted by Gasteiger charge is 2.22. The highest BCUT2D eigenvalue weighted by atomic mass is 32.2. The number of rotatable bonds is 0. The minimum Gasteiger partial charge on any atom is -0.324 e. The first kappa shape index (κ1) is 8.56. The molecule has 2 rings (SSSR count). The lowest BCUT2D eigenvalue weighted by atomic mass is 10.3. The Kier molecular flexibility index (Phi) is 2.00. The van der Waals surface area contributed by atoms with Gasteiger partial charge < -0.3 is 5.32 Å². The van der Waals surface area contributed by atoms with Gasteiger partial charge in [0.15, 0.2) is 0 Å². The Morgan fingerprint density at radius 1 is 1.54 bits per heavy atom. The van der Waals surface area contributed by atoms with Crippen LogP contribution in [0, 0.1) is 5.82 Å². The second-order valence-electron chi connectivity index (χ2n) is 2.89. The Labute approximate surface area is 79.5 Å². The Morgan fingerprint density at radius 2 is 2.31 bits per heavy atom. The number of benzene rings is 1. The molecule has 0 aliphatic carbocycles. The number of thioether (sulfide) groups is 1. The monoisotopic (exact) mass is 197 g/mol. The predicted molar refractivity (Wildman–Crippen MR) is 50.3 cm³/mol. The van der Waals surface area contributed by atoms with Crippen LogP contribution >= 0.6 is 11.8 Å². The largest absolute Gasteiger partial charge is 0.324 e. The third-order valence-corrected chi connectivity index (χ3v) is 3.03. The van der Waals surface area contributed by atoms with Gasteiger partial charge in [-0.25, -0.2) is 4.39 Å². The first-order chi connectivity index (χ1) is 6.16. The third-order valence-electron chi connectivity index (χ3n) is 1.87. The van der Waals surface area contributed by atoms with Crippen LogP contribution in [0.4, 0.5) is 10.1 Å². The minimum absolute atomic E-state index is 0.0240. The standard InChI is InChI=1S/C9H8FNOS/c1-5-9(12)11-7-3-2-6(10)4-8(7)13-5/h2-5H,1H3,(H,11,12). The van der Waals surface area contributed by atoms with E-state index in [0.29, 0.717) is 5.69 Å². The zero-order chi connectivity index (χ0) is 9.42. The van der Waals surface area contributed by atoms with Gasteiger partial charge in [-0.15, -0.1) is 11.8 Å². The normalized spacial score (nSPS) is 20.8. The Bertz CT molecular complexity index is 367. The van der Waals surface area contributed by atoms with Crippen molar-refractivity contribution in [1.82, 2.24) is 0 Å². The molecule has 13 heavy (non-hydrogen) atoms. The van der Waals surface area contributed by atoms with Gasteiger partial charge in [0, 0.05) is 4.90 Å². The fourth-order valence-corrected chi connectivity index (χ4v) is 2.15. The summed E-state index contributed by atoms with van der Waals surface area (Å²) in [5, 5.41) is 2.57. The Morgan fingerprint density at radius 3 is 3.08 bits per heavy atom. The van der Waals surface area contributed by atoms with Crippen LogP contribution in [0.15, 0.2) is 23.1 Å². The molecule has 68 valence electrons.